The summed E-state index contributed by atoms with van der Waals surface area (Å²) in [6.45, 7) is 6.06. The number of hydrogen-bond acceptors (Lipinski definition) is 2. The number of anilines is 1. The molecule has 0 aliphatic heterocycles. The number of halogens is 1. The Morgan fingerprint density at radius 2 is 1.80 bits per heavy atom. The summed E-state index contributed by atoms with van der Waals surface area (Å²) in [6, 6.07) is 10.8. The standard InChI is InChI=1S/C17H20FNO/c1-11-7-5-9-15(12(11)2)19-13(3)17-14(18)8-6-10-16(17)20-4/h5-10,13,19H,1-4H3. The van der Waals surface area contributed by atoms with Crippen molar-refractivity contribution in [2.24, 2.45) is 0 Å². The van der Waals surface area contributed by atoms with E-state index in [1.54, 1.807) is 19.2 Å². The van der Waals surface area contributed by atoms with Crippen LogP contribution in [0.3, 0.4) is 0 Å². The molecule has 0 saturated carbocycles. The van der Waals surface area contributed by atoms with Gasteiger partial charge in [0.25, 0.3) is 0 Å². The van der Waals surface area contributed by atoms with Gasteiger partial charge in [-0.2, -0.15) is 0 Å². The number of hydrogen-bond donors (Lipinski definition) is 1. The minimum absolute atomic E-state index is 0.174. The number of ether oxygens (including phenoxy) is 1. The zero-order valence-corrected chi connectivity index (χ0v) is 12.3. The predicted octanol–water partition coefficient (Wildman–Crippen LogP) is 4.62. The highest BCUT2D eigenvalue weighted by atomic mass is 19.1. The quantitative estimate of drug-likeness (QED) is 0.877. The molecule has 2 aromatic rings. The van der Waals surface area contributed by atoms with Crippen LogP contribution in [0.25, 0.3) is 0 Å². The van der Waals surface area contributed by atoms with Crippen LogP contribution in [0.5, 0.6) is 5.75 Å². The molecule has 1 unspecified atom stereocenters. The molecule has 0 fully saturated rings. The summed E-state index contributed by atoms with van der Waals surface area (Å²) < 4.78 is 19.3. The van der Waals surface area contributed by atoms with Gasteiger partial charge in [0.15, 0.2) is 0 Å². The first-order valence-electron chi connectivity index (χ1n) is 6.69. The second-order valence-electron chi connectivity index (χ2n) is 4.97. The number of rotatable bonds is 4. The summed E-state index contributed by atoms with van der Waals surface area (Å²) in [4.78, 5) is 0. The highest BCUT2D eigenvalue weighted by molar-refractivity contribution is 5.55. The zero-order valence-electron chi connectivity index (χ0n) is 12.3. The Kier molecular flexibility index (Phi) is 4.28. The SMILES string of the molecule is COc1cccc(F)c1C(C)Nc1cccc(C)c1C. The minimum Gasteiger partial charge on any atom is -0.496 e. The number of aryl methyl sites for hydroxylation is 1. The first-order valence-corrected chi connectivity index (χ1v) is 6.69. The molecule has 2 nitrogen and oxygen atoms in total. The molecule has 3 heteroatoms. The Morgan fingerprint density at radius 3 is 2.50 bits per heavy atom. The van der Waals surface area contributed by atoms with E-state index in [4.69, 9.17) is 4.74 Å². The molecule has 2 rings (SSSR count). The molecule has 0 bridgehead atoms. The van der Waals surface area contributed by atoms with Gasteiger partial charge in [0.05, 0.1) is 18.7 Å². The van der Waals surface area contributed by atoms with Gasteiger partial charge in [0.2, 0.25) is 0 Å². The van der Waals surface area contributed by atoms with E-state index >= 15 is 0 Å². The lowest BCUT2D eigenvalue weighted by molar-refractivity contribution is 0.402. The first kappa shape index (κ1) is 14.4. The lowest BCUT2D eigenvalue weighted by Gasteiger charge is -2.20. The fourth-order valence-electron chi connectivity index (χ4n) is 2.33. The normalized spacial score (nSPS) is 12.1. The Bertz CT molecular complexity index is 610. The van der Waals surface area contributed by atoms with Crippen molar-refractivity contribution < 1.29 is 9.13 Å². The molecule has 20 heavy (non-hydrogen) atoms. The van der Waals surface area contributed by atoms with Crippen molar-refractivity contribution >= 4 is 5.69 Å². The average Bonchev–Trinajstić information content (AvgIpc) is 2.43. The summed E-state index contributed by atoms with van der Waals surface area (Å²) in [7, 11) is 1.56. The van der Waals surface area contributed by atoms with Crippen LogP contribution in [0.1, 0.15) is 29.7 Å². The summed E-state index contributed by atoms with van der Waals surface area (Å²) >= 11 is 0. The third-order valence-corrected chi connectivity index (χ3v) is 3.64. The van der Waals surface area contributed by atoms with Crippen molar-refractivity contribution in [2.45, 2.75) is 26.8 Å². The van der Waals surface area contributed by atoms with Crippen molar-refractivity contribution in [2.75, 3.05) is 12.4 Å². The van der Waals surface area contributed by atoms with Crippen molar-refractivity contribution in [3.63, 3.8) is 0 Å². The van der Waals surface area contributed by atoms with Gasteiger partial charge in [-0.05, 0) is 50.1 Å². The van der Waals surface area contributed by atoms with Gasteiger partial charge < -0.3 is 10.1 Å². The Balaban J connectivity index is 2.33. The van der Waals surface area contributed by atoms with Crippen molar-refractivity contribution in [3.05, 3.63) is 58.9 Å². The van der Waals surface area contributed by atoms with E-state index in [2.05, 4.69) is 25.2 Å². The number of methoxy groups -OCH3 is 1. The van der Waals surface area contributed by atoms with E-state index in [9.17, 15) is 4.39 Å². The third kappa shape index (κ3) is 2.77. The summed E-state index contributed by atoms with van der Waals surface area (Å²) in [5.74, 6) is 0.310. The van der Waals surface area contributed by atoms with Crippen molar-refractivity contribution in [1.82, 2.24) is 0 Å². The molecule has 0 heterocycles. The monoisotopic (exact) mass is 273 g/mol. The molecule has 0 aromatic heterocycles. The molecule has 1 N–H and O–H groups in total. The fourth-order valence-corrected chi connectivity index (χ4v) is 2.33. The molecule has 0 amide bonds. The van der Waals surface area contributed by atoms with Crippen LogP contribution in [0.2, 0.25) is 0 Å². The molecule has 2 aromatic carbocycles. The molecule has 0 aliphatic rings. The van der Waals surface area contributed by atoms with Crippen LogP contribution in [-0.4, -0.2) is 7.11 Å². The van der Waals surface area contributed by atoms with Gasteiger partial charge >= 0.3 is 0 Å². The van der Waals surface area contributed by atoms with Gasteiger partial charge in [-0.1, -0.05) is 18.2 Å². The molecule has 106 valence electrons. The smallest absolute Gasteiger partial charge is 0.132 e. The minimum atomic E-state index is -0.255. The van der Waals surface area contributed by atoms with E-state index in [0.717, 1.165) is 5.69 Å². The van der Waals surface area contributed by atoms with Crippen LogP contribution in [-0.2, 0) is 0 Å². The van der Waals surface area contributed by atoms with Crippen molar-refractivity contribution in [3.8, 4) is 5.75 Å². The zero-order chi connectivity index (χ0) is 14.7. The second-order valence-corrected chi connectivity index (χ2v) is 4.97. The maximum atomic E-state index is 14.1. The molecule has 0 radical (unpaired) electrons. The third-order valence-electron chi connectivity index (χ3n) is 3.64. The van der Waals surface area contributed by atoms with E-state index in [0.29, 0.717) is 11.3 Å². The molecule has 0 aliphatic carbocycles. The second kappa shape index (κ2) is 5.95. The van der Waals surface area contributed by atoms with Crippen LogP contribution < -0.4 is 10.1 Å². The van der Waals surface area contributed by atoms with Gasteiger partial charge in [-0.3, -0.25) is 0 Å². The molecule has 1 atom stereocenters. The molecular weight excluding hydrogens is 253 g/mol. The average molecular weight is 273 g/mol. The largest absolute Gasteiger partial charge is 0.496 e. The van der Waals surface area contributed by atoms with E-state index in [1.165, 1.54) is 17.2 Å². The molecule has 0 saturated heterocycles. The van der Waals surface area contributed by atoms with Crippen LogP contribution in [0.15, 0.2) is 36.4 Å². The maximum absolute atomic E-state index is 14.1. The van der Waals surface area contributed by atoms with Gasteiger partial charge in [-0.25, -0.2) is 4.39 Å². The fraction of sp³-hybridized carbons (Fsp3) is 0.294. The van der Waals surface area contributed by atoms with E-state index < -0.39 is 0 Å². The summed E-state index contributed by atoms with van der Waals surface area (Å²) in [5.41, 5.74) is 3.95. The Hall–Kier alpha value is -2.03. The Labute approximate surface area is 119 Å². The van der Waals surface area contributed by atoms with Crippen LogP contribution in [0, 0.1) is 19.7 Å². The predicted molar refractivity (Wildman–Crippen MR) is 80.9 cm³/mol. The lowest BCUT2D eigenvalue weighted by Crippen LogP contribution is -2.11. The summed E-state index contributed by atoms with van der Waals surface area (Å²) in [6.07, 6.45) is 0. The van der Waals surface area contributed by atoms with Crippen molar-refractivity contribution in [1.29, 1.82) is 0 Å². The first-order chi connectivity index (χ1) is 9.54. The van der Waals surface area contributed by atoms with E-state index in [1.807, 2.05) is 19.1 Å². The number of benzene rings is 2. The maximum Gasteiger partial charge on any atom is 0.132 e. The van der Waals surface area contributed by atoms with Gasteiger partial charge in [0.1, 0.15) is 11.6 Å². The van der Waals surface area contributed by atoms with Gasteiger partial charge in [0, 0.05) is 5.69 Å². The van der Waals surface area contributed by atoms with E-state index in [-0.39, 0.29) is 11.9 Å². The molecular formula is C17H20FNO. The molecule has 0 spiro atoms. The highest BCUT2D eigenvalue weighted by Crippen LogP contribution is 2.31. The number of nitrogens with one attached hydrogen (secondary N) is 1. The highest BCUT2D eigenvalue weighted by Gasteiger charge is 2.17. The topological polar surface area (TPSA) is 21.3 Å². The Morgan fingerprint density at radius 1 is 1.10 bits per heavy atom. The van der Waals surface area contributed by atoms with Gasteiger partial charge in [-0.15, -0.1) is 0 Å². The summed E-state index contributed by atoms with van der Waals surface area (Å²) in [5, 5.41) is 3.36. The van der Waals surface area contributed by atoms with Crippen LogP contribution >= 0.6 is 0 Å². The lowest BCUT2D eigenvalue weighted by atomic mass is 10.0. The van der Waals surface area contributed by atoms with Crippen LogP contribution in [0.4, 0.5) is 10.1 Å².